The van der Waals surface area contributed by atoms with Crippen LogP contribution in [0, 0.1) is 12.3 Å². The van der Waals surface area contributed by atoms with Gasteiger partial charge in [0, 0.05) is 24.3 Å². The summed E-state index contributed by atoms with van der Waals surface area (Å²) in [5.41, 5.74) is 7.96. The molecule has 4 heteroatoms. The molecule has 0 radical (unpaired) electrons. The number of piperidine rings is 1. The van der Waals surface area contributed by atoms with Gasteiger partial charge in [0.2, 0.25) is 0 Å². The van der Waals surface area contributed by atoms with Crippen molar-refractivity contribution in [2.45, 2.75) is 33.6 Å². The van der Waals surface area contributed by atoms with Crippen LogP contribution in [0.5, 0.6) is 0 Å². The lowest BCUT2D eigenvalue weighted by Crippen LogP contribution is -2.40. The van der Waals surface area contributed by atoms with E-state index in [9.17, 15) is 0 Å². The van der Waals surface area contributed by atoms with Crippen molar-refractivity contribution in [1.82, 2.24) is 4.98 Å². The largest absolute Gasteiger partial charge is 0.389 e. The molecule has 0 aromatic carbocycles. The highest BCUT2D eigenvalue weighted by atomic mass is 32.1. The second-order valence-electron chi connectivity index (χ2n) is 5.91. The van der Waals surface area contributed by atoms with Crippen LogP contribution in [-0.2, 0) is 0 Å². The minimum atomic E-state index is 0.354. The Morgan fingerprint density at radius 1 is 1.44 bits per heavy atom. The molecule has 0 unspecified atom stereocenters. The van der Waals surface area contributed by atoms with Crippen molar-refractivity contribution < 1.29 is 0 Å². The first-order chi connectivity index (χ1) is 8.37. The Morgan fingerprint density at radius 2 is 2.17 bits per heavy atom. The molecule has 2 heterocycles. The molecule has 0 atom stereocenters. The fraction of sp³-hybridized carbons (Fsp3) is 0.571. The van der Waals surface area contributed by atoms with E-state index in [1.165, 1.54) is 12.8 Å². The van der Waals surface area contributed by atoms with Gasteiger partial charge in [0.05, 0.1) is 0 Å². The maximum atomic E-state index is 5.72. The zero-order chi connectivity index (χ0) is 13.3. The number of nitrogens with zero attached hydrogens (tertiary/aromatic N) is 2. The third-order valence-corrected chi connectivity index (χ3v) is 3.68. The fourth-order valence-corrected chi connectivity index (χ4v) is 2.69. The van der Waals surface area contributed by atoms with Crippen LogP contribution >= 0.6 is 12.2 Å². The third-order valence-electron chi connectivity index (χ3n) is 3.45. The SMILES string of the molecule is Cc1cc(C(N)=S)cc(N2CCCC(C)(C)C2)n1. The summed E-state index contributed by atoms with van der Waals surface area (Å²) < 4.78 is 0. The first-order valence-electron chi connectivity index (χ1n) is 6.41. The molecule has 0 bridgehead atoms. The van der Waals surface area contributed by atoms with Crippen molar-refractivity contribution in [2.75, 3.05) is 18.0 Å². The summed E-state index contributed by atoms with van der Waals surface area (Å²) >= 11 is 5.06. The van der Waals surface area contributed by atoms with Crippen LogP contribution in [0.2, 0.25) is 0 Å². The summed E-state index contributed by atoms with van der Waals surface area (Å²) in [5.74, 6) is 1.01. The summed E-state index contributed by atoms with van der Waals surface area (Å²) in [7, 11) is 0. The molecular formula is C14H21N3S. The van der Waals surface area contributed by atoms with E-state index < -0.39 is 0 Å². The van der Waals surface area contributed by atoms with Gasteiger partial charge in [0.15, 0.2) is 0 Å². The van der Waals surface area contributed by atoms with E-state index in [2.05, 4.69) is 23.7 Å². The van der Waals surface area contributed by atoms with Crippen molar-refractivity contribution in [3.05, 3.63) is 23.4 Å². The van der Waals surface area contributed by atoms with Crippen molar-refractivity contribution in [3.63, 3.8) is 0 Å². The summed E-state index contributed by atoms with van der Waals surface area (Å²) in [6.45, 7) is 8.71. The topological polar surface area (TPSA) is 42.1 Å². The molecule has 1 aliphatic heterocycles. The Kier molecular flexibility index (Phi) is 3.57. The molecule has 0 aliphatic carbocycles. The van der Waals surface area contributed by atoms with Gasteiger partial charge in [-0.3, -0.25) is 0 Å². The molecule has 2 N–H and O–H groups in total. The van der Waals surface area contributed by atoms with Crippen LogP contribution in [0.1, 0.15) is 37.9 Å². The minimum absolute atomic E-state index is 0.354. The maximum Gasteiger partial charge on any atom is 0.129 e. The van der Waals surface area contributed by atoms with E-state index in [1.54, 1.807) is 0 Å². The van der Waals surface area contributed by atoms with Crippen LogP contribution in [-0.4, -0.2) is 23.1 Å². The van der Waals surface area contributed by atoms with E-state index >= 15 is 0 Å². The van der Waals surface area contributed by atoms with Gasteiger partial charge in [-0.05, 0) is 37.3 Å². The third kappa shape index (κ3) is 2.99. The number of aromatic nitrogens is 1. The second-order valence-corrected chi connectivity index (χ2v) is 6.35. The molecule has 1 aliphatic rings. The number of nitrogens with two attached hydrogens (primary N) is 1. The van der Waals surface area contributed by atoms with Crippen LogP contribution < -0.4 is 10.6 Å². The van der Waals surface area contributed by atoms with Crippen LogP contribution in [0.15, 0.2) is 12.1 Å². The molecule has 98 valence electrons. The fourth-order valence-electron chi connectivity index (χ4n) is 2.57. The van der Waals surface area contributed by atoms with E-state index in [1.807, 2.05) is 19.1 Å². The first kappa shape index (κ1) is 13.3. The molecule has 0 saturated carbocycles. The number of rotatable bonds is 2. The van der Waals surface area contributed by atoms with Gasteiger partial charge in [0.1, 0.15) is 10.8 Å². The Bertz CT molecular complexity index is 468. The quantitative estimate of drug-likeness (QED) is 0.833. The molecule has 1 fully saturated rings. The Hall–Kier alpha value is -1.16. The molecular weight excluding hydrogens is 242 g/mol. The maximum absolute atomic E-state index is 5.72. The highest BCUT2D eigenvalue weighted by Gasteiger charge is 2.27. The van der Waals surface area contributed by atoms with Crippen molar-refractivity contribution >= 4 is 23.0 Å². The Labute approximate surface area is 114 Å². The monoisotopic (exact) mass is 263 g/mol. The van der Waals surface area contributed by atoms with Gasteiger partial charge in [-0.15, -0.1) is 0 Å². The highest BCUT2D eigenvalue weighted by Crippen LogP contribution is 2.31. The molecule has 3 nitrogen and oxygen atoms in total. The Balaban J connectivity index is 2.30. The number of pyridine rings is 1. The van der Waals surface area contributed by atoms with E-state index in [0.29, 0.717) is 10.4 Å². The standard InChI is InChI=1S/C14H21N3S/c1-10-7-11(13(15)18)8-12(16-10)17-6-4-5-14(2,3)9-17/h7-8H,4-6,9H2,1-3H3,(H2,15,18). The molecule has 1 aromatic heterocycles. The predicted octanol–water partition coefficient (Wildman–Crippen LogP) is 2.65. The summed E-state index contributed by atoms with van der Waals surface area (Å²) in [6.07, 6.45) is 2.49. The van der Waals surface area contributed by atoms with Crippen LogP contribution in [0.25, 0.3) is 0 Å². The zero-order valence-electron chi connectivity index (χ0n) is 11.4. The number of aryl methyl sites for hydroxylation is 1. The minimum Gasteiger partial charge on any atom is -0.389 e. The van der Waals surface area contributed by atoms with Crippen molar-refractivity contribution in [1.29, 1.82) is 0 Å². The first-order valence-corrected chi connectivity index (χ1v) is 6.82. The van der Waals surface area contributed by atoms with Crippen molar-refractivity contribution in [3.8, 4) is 0 Å². The molecule has 0 amide bonds. The molecule has 0 spiro atoms. The lowest BCUT2D eigenvalue weighted by atomic mass is 9.84. The van der Waals surface area contributed by atoms with Crippen LogP contribution in [0.4, 0.5) is 5.82 Å². The number of thiocarbonyl (C=S) groups is 1. The lowest BCUT2D eigenvalue weighted by Gasteiger charge is -2.39. The summed E-state index contributed by atoms with van der Waals surface area (Å²) in [4.78, 5) is 7.40. The van der Waals surface area contributed by atoms with Gasteiger partial charge in [-0.2, -0.15) is 0 Å². The average molecular weight is 263 g/mol. The van der Waals surface area contributed by atoms with Gasteiger partial charge in [-0.25, -0.2) is 4.98 Å². The van der Waals surface area contributed by atoms with Gasteiger partial charge in [0.25, 0.3) is 0 Å². The van der Waals surface area contributed by atoms with Gasteiger partial charge in [-0.1, -0.05) is 26.1 Å². The second kappa shape index (κ2) is 4.84. The lowest BCUT2D eigenvalue weighted by molar-refractivity contribution is 0.292. The predicted molar refractivity (Wildman–Crippen MR) is 80.1 cm³/mol. The van der Waals surface area contributed by atoms with E-state index in [0.717, 1.165) is 30.2 Å². The average Bonchev–Trinajstić information content (AvgIpc) is 2.26. The number of hydrogen-bond donors (Lipinski definition) is 1. The molecule has 1 aromatic rings. The number of anilines is 1. The van der Waals surface area contributed by atoms with Crippen molar-refractivity contribution in [2.24, 2.45) is 11.1 Å². The summed E-state index contributed by atoms with van der Waals surface area (Å²) in [5, 5.41) is 0. The van der Waals surface area contributed by atoms with Gasteiger partial charge >= 0.3 is 0 Å². The smallest absolute Gasteiger partial charge is 0.129 e. The van der Waals surface area contributed by atoms with E-state index in [4.69, 9.17) is 18.0 Å². The van der Waals surface area contributed by atoms with Gasteiger partial charge < -0.3 is 10.6 Å². The molecule has 2 rings (SSSR count). The normalized spacial score (nSPS) is 18.7. The number of hydrogen-bond acceptors (Lipinski definition) is 3. The van der Waals surface area contributed by atoms with E-state index in [-0.39, 0.29) is 0 Å². The molecule has 18 heavy (non-hydrogen) atoms. The molecule has 1 saturated heterocycles. The van der Waals surface area contributed by atoms with Crippen LogP contribution in [0.3, 0.4) is 0 Å². The summed E-state index contributed by atoms with van der Waals surface area (Å²) in [6, 6.07) is 3.96. The highest BCUT2D eigenvalue weighted by molar-refractivity contribution is 7.80. The zero-order valence-corrected chi connectivity index (χ0v) is 12.2. The Morgan fingerprint density at radius 3 is 2.78 bits per heavy atom.